The van der Waals surface area contributed by atoms with Gasteiger partial charge in [-0.15, -0.1) is 0 Å². The quantitative estimate of drug-likeness (QED) is 0.748. The van der Waals surface area contributed by atoms with E-state index in [2.05, 4.69) is 24.1 Å². The standard InChI is InChI=1S/C16H32N2/c1-3-5-7-15-10-16(13-18(4-2)12-15)17-11-14-8-6-9-14/h14-17H,3-13H2,1-2H3. The van der Waals surface area contributed by atoms with Crippen molar-refractivity contribution in [2.45, 2.75) is 64.8 Å². The second-order valence-corrected chi connectivity index (χ2v) is 6.50. The third kappa shape index (κ3) is 4.24. The molecule has 106 valence electrons. The normalized spacial score (nSPS) is 30.3. The maximum atomic E-state index is 3.85. The van der Waals surface area contributed by atoms with Crippen molar-refractivity contribution in [3.05, 3.63) is 0 Å². The molecule has 1 N–H and O–H groups in total. The molecule has 0 bridgehead atoms. The van der Waals surface area contributed by atoms with E-state index in [4.69, 9.17) is 0 Å². The summed E-state index contributed by atoms with van der Waals surface area (Å²) in [7, 11) is 0. The molecule has 1 heterocycles. The van der Waals surface area contributed by atoms with Gasteiger partial charge in [-0.25, -0.2) is 0 Å². The summed E-state index contributed by atoms with van der Waals surface area (Å²) in [5.74, 6) is 1.94. The van der Waals surface area contributed by atoms with Gasteiger partial charge in [0.25, 0.3) is 0 Å². The van der Waals surface area contributed by atoms with Crippen LogP contribution in [0.5, 0.6) is 0 Å². The lowest BCUT2D eigenvalue weighted by molar-refractivity contribution is 0.134. The van der Waals surface area contributed by atoms with Crippen LogP contribution < -0.4 is 5.32 Å². The van der Waals surface area contributed by atoms with Crippen LogP contribution in [0.2, 0.25) is 0 Å². The van der Waals surface area contributed by atoms with Gasteiger partial charge in [-0.2, -0.15) is 0 Å². The number of piperidine rings is 1. The van der Waals surface area contributed by atoms with Crippen molar-refractivity contribution in [1.29, 1.82) is 0 Å². The summed E-state index contributed by atoms with van der Waals surface area (Å²) in [6, 6.07) is 0.765. The SMILES string of the molecule is CCCCC1CC(NCC2CCC2)CN(CC)C1. The van der Waals surface area contributed by atoms with E-state index in [0.717, 1.165) is 17.9 Å². The first-order valence-corrected chi connectivity index (χ1v) is 8.27. The average molecular weight is 252 g/mol. The number of likely N-dealkylation sites (tertiary alicyclic amines) is 1. The molecule has 2 heteroatoms. The number of nitrogens with zero attached hydrogens (tertiary/aromatic N) is 1. The van der Waals surface area contributed by atoms with E-state index >= 15 is 0 Å². The van der Waals surface area contributed by atoms with Crippen molar-refractivity contribution in [3.8, 4) is 0 Å². The lowest BCUT2D eigenvalue weighted by atomic mass is 9.84. The first-order valence-electron chi connectivity index (χ1n) is 8.27. The van der Waals surface area contributed by atoms with E-state index in [0.29, 0.717) is 0 Å². The van der Waals surface area contributed by atoms with Crippen molar-refractivity contribution in [1.82, 2.24) is 10.2 Å². The minimum absolute atomic E-state index is 0.765. The molecule has 1 aliphatic heterocycles. The summed E-state index contributed by atoms with van der Waals surface area (Å²) < 4.78 is 0. The monoisotopic (exact) mass is 252 g/mol. The summed E-state index contributed by atoms with van der Waals surface area (Å²) in [5, 5.41) is 3.85. The van der Waals surface area contributed by atoms with Crippen LogP contribution in [0.15, 0.2) is 0 Å². The third-order valence-corrected chi connectivity index (χ3v) is 4.95. The van der Waals surface area contributed by atoms with Crippen molar-refractivity contribution in [2.24, 2.45) is 11.8 Å². The highest BCUT2D eigenvalue weighted by molar-refractivity contribution is 4.84. The van der Waals surface area contributed by atoms with Crippen molar-refractivity contribution in [2.75, 3.05) is 26.2 Å². The number of hydrogen-bond donors (Lipinski definition) is 1. The summed E-state index contributed by atoms with van der Waals surface area (Å²) >= 11 is 0. The van der Waals surface area contributed by atoms with Crippen molar-refractivity contribution < 1.29 is 0 Å². The molecule has 1 aliphatic carbocycles. The Bertz CT molecular complexity index is 225. The van der Waals surface area contributed by atoms with E-state index in [9.17, 15) is 0 Å². The smallest absolute Gasteiger partial charge is 0.0198 e. The lowest BCUT2D eigenvalue weighted by Crippen LogP contribution is -2.50. The fourth-order valence-electron chi connectivity index (χ4n) is 3.44. The Balaban J connectivity index is 1.73. The van der Waals surface area contributed by atoms with E-state index in [1.165, 1.54) is 71.1 Å². The van der Waals surface area contributed by atoms with Crippen LogP contribution in [-0.4, -0.2) is 37.1 Å². The third-order valence-electron chi connectivity index (χ3n) is 4.95. The van der Waals surface area contributed by atoms with Crippen LogP contribution in [0.25, 0.3) is 0 Å². The minimum Gasteiger partial charge on any atom is -0.312 e. The van der Waals surface area contributed by atoms with Gasteiger partial charge in [0.2, 0.25) is 0 Å². The molecule has 2 aliphatic rings. The molecule has 0 aromatic carbocycles. The molecule has 0 aromatic rings. The molecule has 0 aromatic heterocycles. The Morgan fingerprint density at radius 2 is 1.94 bits per heavy atom. The molecule has 0 amide bonds. The Hall–Kier alpha value is -0.0800. The zero-order valence-corrected chi connectivity index (χ0v) is 12.5. The minimum atomic E-state index is 0.765. The van der Waals surface area contributed by atoms with Crippen LogP contribution in [0.4, 0.5) is 0 Å². The lowest BCUT2D eigenvalue weighted by Gasteiger charge is -2.39. The van der Waals surface area contributed by atoms with Crippen LogP contribution >= 0.6 is 0 Å². The number of nitrogens with one attached hydrogen (secondary N) is 1. The Labute approximate surface area is 114 Å². The molecular weight excluding hydrogens is 220 g/mol. The van der Waals surface area contributed by atoms with Crippen LogP contribution in [0.1, 0.15) is 58.8 Å². The van der Waals surface area contributed by atoms with E-state index in [1.807, 2.05) is 0 Å². The maximum Gasteiger partial charge on any atom is 0.0198 e. The largest absolute Gasteiger partial charge is 0.312 e. The van der Waals surface area contributed by atoms with Gasteiger partial charge in [-0.1, -0.05) is 33.1 Å². The fraction of sp³-hybridized carbons (Fsp3) is 1.00. The van der Waals surface area contributed by atoms with E-state index in [-0.39, 0.29) is 0 Å². The summed E-state index contributed by atoms with van der Waals surface area (Å²) in [5.41, 5.74) is 0. The topological polar surface area (TPSA) is 15.3 Å². The fourth-order valence-corrected chi connectivity index (χ4v) is 3.44. The molecule has 2 unspecified atom stereocenters. The number of rotatable bonds is 7. The summed E-state index contributed by atoms with van der Waals surface area (Å²) in [4.78, 5) is 2.66. The number of likely N-dealkylation sites (N-methyl/N-ethyl adjacent to an activating group) is 1. The van der Waals surface area contributed by atoms with Crippen LogP contribution in [-0.2, 0) is 0 Å². The highest BCUT2D eigenvalue weighted by Crippen LogP contribution is 2.26. The van der Waals surface area contributed by atoms with Gasteiger partial charge in [-0.05, 0) is 50.6 Å². The number of unbranched alkanes of at least 4 members (excludes halogenated alkanes) is 1. The summed E-state index contributed by atoms with van der Waals surface area (Å²) in [6.07, 6.45) is 10.0. The highest BCUT2D eigenvalue weighted by Gasteiger charge is 2.27. The van der Waals surface area contributed by atoms with Gasteiger partial charge >= 0.3 is 0 Å². The van der Waals surface area contributed by atoms with Gasteiger partial charge in [0.05, 0.1) is 0 Å². The highest BCUT2D eigenvalue weighted by atomic mass is 15.2. The Kier molecular flexibility index (Phi) is 5.97. The van der Waals surface area contributed by atoms with Gasteiger partial charge < -0.3 is 10.2 Å². The van der Waals surface area contributed by atoms with Gasteiger partial charge in [0, 0.05) is 19.1 Å². The van der Waals surface area contributed by atoms with Crippen LogP contribution in [0.3, 0.4) is 0 Å². The van der Waals surface area contributed by atoms with E-state index < -0.39 is 0 Å². The molecular formula is C16H32N2. The maximum absolute atomic E-state index is 3.85. The van der Waals surface area contributed by atoms with Gasteiger partial charge in [-0.3, -0.25) is 0 Å². The molecule has 2 atom stereocenters. The molecule has 2 rings (SSSR count). The second kappa shape index (κ2) is 7.49. The molecule has 2 fully saturated rings. The first-order chi connectivity index (χ1) is 8.81. The van der Waals surface area contributed by atoms with Gasteiger partial charge in [0.1, 0.15) is 0 Å². The predicted molar refractivity (Wildman–Crippen MR) is 78.9 cm³/mol. The van der Waals surface area contributed by atoms with E-state index in [1.54, 1.807) is 0 Å². The summed E-state index contributed by atoms with van der Waals surface area (Å²) in [6.45, 7) is 9.76. The predicted octanol–water partition coefficient (Wildman–Crippen LogP) is 3.28. The molecule has 1 saturated heterocycles. The van der Waals surface area contributed by atoms with Gasteiger partial charge in [0.15, 0.2) is 0 Å². The zero-order valence-electron chi connectivity index (χ0n) is 12.5. The Morgan fingerprint density at radius 3 is 2.56 bits per heavy atom. The first kappa shape index (κ1) is 14.3. The van der Waals surface area contributed by atoms with Crippen LogP contribution in [0, 0.1) is 11.8 Å². The zero-order chi connectivity index (χ0) is 12.8. The molecule has 1 saturated carbocycles. The molecule has 0 radical (unpaired) electrons. The Morgan fingerprint density at radius 1 is 1.11 bits per heavy atom. The molecule has 18 heavy (non-hydrogen) atoms. The average Bonchev–Trinajstić information content (AvgIpc) is 2.34. The van der Waals surface area contributed by atoms with Crippen molar-refractivity contribution >= 4 is 0 Å². The van der Waals surface area contributed by atoms with Crippen molar-refractivity contribution in [3.63, 3.8) is 0 Å². The molecule has 2 nitrogen and oxygen atoms in total. The second-order valence-electron chi connectivity index (χ2n) is 6.50. The molecule has 0 spiro atoms. The number of hydrogen-bond acceptors (Lipinski definition) is 2.